The van der Waals surface area contributed by atoms with E-state index in [1.54, 1.807) is 11.0 Å². The standard InChI is InChI=1S/C23H28FN5O5S/c1-3-27(4-2)23(30)21-11-7-8-14-28(21)35(33,34)22-15-18(29(31)32)12-13-20(22)26-25-16-17-9-5-6-10-19(17)24/h5-6,9-10,12-13,15-16,21,26H,3-4,7-8,11,14H2,1-2H3/b25-16+. The lowest BCUT2D eigenvalue weighted by molar-refractivity contribution is -0.385. The van der Waals surface area contributed by atoms with Gasteiger partial charge in [-0.25, -0.2) is 12.8 Å². The van der Waals surface area contributed by atoms with Crippen molar-refractivity contribution in [3.05, 3.63) is 64.0 Å². The number of amides is 1. The number of piperidine rings is 1. The fraction of sp³-hybridized carbons (Fsp3) is 0.391. The number of rotatable bonds is 9. The van der Waals surface area contributed by atoms with Crippen molar-refractivity contribution in [3.8, 4) is 0 Å². The van der Waals surface area contributed by atoms with Gasteiger partial charge >= 0.3 is 0 Å². The minimum Gasteiger partial charge on any atom is -0.342 e. The SMILES string of the molecule is CCN(CC)C(=O)C1CCCCN1S(=O)(=O)c1cc([N+](=O)[O-])ccc1N/N=C/c1ccccc1F. The van der Waals surface area contributed by atoms with Crippen LogP contribution in [0.4, 0.5) is 15.8 Å². The quantitative estimate of drug-likeness (QED) is 0.315. The summed E-state index contributed by atoms with van der Waals surface area (Å²) in [7, 11) is -4.33. The van der Waals surface area contributed by atoms with Gasteiger partial charge in [-0.05, 0) is 38.8 Å². The number of benzene rings is 2. The lowest BCUT2D eigenvalue weighted by Crippen LogP contribution is -2.52. The van der Waals surface area contributed by atoms with Gasteiger partial charge in [-0.1, -0.05) is 24.6 Å². The molecule has 10 nitrogen and oxygen atoms in total. The van der Waals surface area contributed by atoms with E-state index in [0.29, 0.717) is 32.4 Å². The topological polar surface area (TPSA) is 125 Å². The molecule has 1 fully saturated rings. The van der Waals surface area contributed by atoms with E-state index in [4.69, 9.17) is 0 Å². The zero-order valence-electron chi connectivity index (χ0n) is 19.6. The first-order chi connectivity index (χ1) is 16.7. The minimum absolute atomic E-state index is 0.0252. The van der Waals surface area contributed by atoms with E-state index in [9.17, 15) is 27.7 Å². The van der Waals surface area contributed by atoms with Gasteiger partial charge in [-0.2, -0.15) is 9.41 Å². The lowest BCUT2D eigenvalue weighted by Gasteiger charge is -2.36. The van der Waals surface area contributed by atoms with Crippen molar-refractivity contribution in [1.29, 1.82) is 0 Å². The predicted octanol–water partition coefficient (Wildman–Crippen LogP) is 3.59. The highest BCUT2D eigenvalue weighted by atomic mass is 32.2. The summed E-state index contributed by atoms with van der Waals surface area (Å²) in [6.45, 7) is 4.63. The molecule has 0 bridgehead atoms. The molecule has 1 atom stereocenters. The van der Waals surface area contributed by atoms with Crippen LogP contribution in [0.5, 0.6) is 0 Å². The number of nitro benzene ring substituents is 1. The van der Waals surface area contributed by atoms with Crippen LogP contribution in [-0.2, 0) is 14.8 Å². The molecule has 1 heterocycles. The molecule has 1 unspecified atom stereocenters. The number of hydrogen-bond acceptors (Lipinski definition) is 7. The number of halogens is 1. The van der Waals surface area contributed by atoms with Gasteiger partial charge in [0.2, 0.25) is 15.9 Å². The monoisotopic (exact) mass is 505 g/mol. The summed E-state index contributed by atoms with van der Waals surface area (Å²) in [5.41, 5.74) is 2.30. The van der Waals surface area contributed by atoms with E-state index in [2.05, 4.69) is 10.5 Å². The molecule has 1 aliphatic rings. The van der Waals surface area contributed by atoms with Crippen molar-refractivity contribution < 1.29 is 22.5 Å². The van der Waals surface area contributed by atoms with Crippen molar-refractivity contribution in [2.24, 2.45) is 5.10 Å². The Morgan fingerprint density at radius 1 is 1.26 bits per heavy atom. The van der Waals surface area contributed by atoms with Gasteiger partial charge in [0, 0.05) is 37.3 Å². The average molecular weight is 506 g/mol. The van der Waals surface area contributed by atoms with E-state index in [-0.39, 0.29) is 28.6 Å². The molecule has 1 saturated heterocycles. The molecule has 0 aromatic heterocycles. The third kappa shape index (κ3) is 5.82. The maximum absolute atomic E-state index is 13.9. The maximum atomic E-state index is 13.9. The molecule has 1 aliphatic heterocycles. The summed E-state index contributed by atoms with van der Waals surface area (Å²) >= 11 is 0. The molecule has 2 aromatic rings. The zero-order valence-corrected chi connectivity index (χ0v) is 20.4. The number of likely N-dealkylation sites (N-methyl/N-ethyl adjacent to an activating group) is 1. The second-order valence-electron chi connectivity index (χ2n) is 7.97. The molecule has 0 aliphatic carbocycles. The molecular weight excluding hydrogens is 477 g/mol. The molecule has 0 radical (unpaired) electrons. The number of nitro groups is 1. The Labute approximate surface area is 203 Å². The van der Waals surface area contributed by atoms with Crippen LogP contribution in [0, 0.1) is 15.9 Å². The Morgan fingerprint density at radius 3 is 2.63 bits per heavy atom. The van der Waals surface area contributed by atoms with Crippen LogP contribution in [-0.4, -0.2) is 60.3 Å². The number of carbonyl (C=O) groups excluding carboxylic acids is 1. The number of hydrazone groups is 1. The molecule has 1 amide bonds. The molecule has 2 aromatic carbocycles. The first-order valence-corrected chi connectivity index (χ1v) is 12.8. The van der Waals surface area contributed by atoms with Gasteiger partial charge in [-0.15, -0.1) is 0 Å². The van der Waals surface area contributed by atoms with E-state index in [1.165, 1.54) is 30.5 Å². The summed E-state index contributed by atoms with van der Waals surface area (Å²) in [6.07, 6.45) is 2.79. The number of nitrogens with one attached hydrogen (secondary N) is 1. The van der Waals surface area contributed by atoms with Gasteiger partial charge in [0.05, 0.1) is 16.8 Å². The van der Waals surface area contributed by atoms with Crippen molar-refractivity contribution in [3.63, 3.8) is 0 Å². The summed E-state index contributed by atoms with van der Waals surface area (Å²) in [5.74, 6) is -0.809. The van der Waals surface area contributed by atoms with Crippen molar-refractivity contribution in [2.75, 3.05) is 25.1 Å². The van der Waals surface area contributed by atoms with E-state index in [1.807, 2.05) is 13.8 Å². The Bertz CT molecular complexity index is 1220. The molecule has 188 valence electrons. The van der Waals surface area contributed by atoms with Crippen LogP contribution in [0.3, 0.4) is 0 Å². The first-order valence-electron chi connectivity index (χ1n) is 11.3. The lowest BCUT2D eigenvalue weighted by atomic mass is 10.0. The molecular formula is C23H28FN5O5S. The molecule has 1 N–H and O–H groups in total. The van der Waals surface area contributed by atoms with Gasteiger partial charge in [0.1, 0.15) is 16.8 Å². The van der Waals surface area contributed by atoms with Crippen LogP contribution >= 0.6 is 0 Å². The van der Waals surface area contributed by atoms with Crippen molar-refractivity contribution in [2.45, 2.75) is 44.0 Å². The second kappa shape index (κ2) is 11.4. The van der Waals surface area contributed by atoms with Gasteiger partial charge in [0.25, 0.3) is 5.69 Å². The highest BCUT2D eigenvalue weighted by Crippen LogP contribution is 2.33. The Balaban J connectivity index is 2.01. The van der Waals surface area contributed by atoms with Crippen LogP contribution in [0.15, 0.2) is 52.5 Å². The van der Waals surface area contributed by atoms with Gasteiger partial charge in [-0.3, -0.25) is 20.3 Å². The highest BCUT2D eigenvalue weighted by molar-refractivity contribution is 7.89. The smallest absolute Gasteiger partial charge is 0.270 e. The highest BCUT2D eigenvalue weighted by Gasteiger charge is 2.40. The van der Waals surface area contributed by atoms with Crippen LogP contribution in [0.25, 0.3) is 0 Å². The van der Waals surface area contributed by atoms with Crippen molar-refractivity contribution >= 4 is 33.5 Å². The Morgan fingerprint density at radius 2 is 1.97 bits per heavy atom. The zero-order chi connectivity index (χ0) is 25.6. The van der Waals surface area contributed by atoms with Gasteiger partial charge < -0.3 is 4.90 Å². The Hall–Kier alpha value is -3.38. The molecule has 35 heavy (non-hydrogen) atoms. The van der Waals surface area contributed by atoms with Crippen LogP contribution in [0.1, 0.15) is 38.7 Å². The summed E-state index contributed by atoms with van der Waals surface area (Å²) < 4.78 is 42.5. The van der Waals surface area contributed by atoms with E-state index >= 15 is 0 Å². The van der Waals surface area contributed by atoms with E-state index < -0.39 is 32.5 Å². The average Bonchev–Trinajstić information content (AvgIpc) is 2.85. The number of non-ortho nitro benzene ring substituents is 1. The first kappa shape index (κ1) is 26.2. The van der Waals surface area contributed by atoms with E-state index in [0.717, 1.165) is 16.4 Å². The van der Waals surface area contributed by atoms with Crippen LogP contribution in [0.2, 0.25) is 0 Å². The second-order valence-corrected chi connectivity index (χ2v) is 9.83. The number of anilines is 1. The number of hydrogen-bond donors (Lipinski definition) is 1. The molecule has 12 heteroatoms. The number of carbonyl (C=O) groups is 1. The summed E-state index contributed by atoms with van der Waals surface area (Å²) in [5, 5.41) is 15.3. The molecule has 0 saturated carbocycles. The minimum atomic E-state index is -4.33. The van der Waals surface area contributed by atoms with Gasteiger partial charge in [0.15, 0.2) is 0 Å². The molecule has 3 rings (SSSR count). The maximum Gasteiger partial charge on any atom is 0.270 e. The predicted molar refractivity (Wildman–Crippen MR) is 130 cm³/mol. The number of nitrogens with zero attached hydrogens (tertiary/aromatic N) is 4. The van der Waals surface area contributed by atoms with Crippen LogP contribution < -0.4 is 5.43 Å². The number of sulfonamides is 1. The third-order valence-electron chi connectivity index (χ3n) is 5.87. The Kier molecular flexibility index (Phi) is 8.52. The fourth-order valence-corrected chi connectivity index (χ4v) is 5.81. The fourth-order valence-electron chi connectivity index (χ4n) is 3.99. The third-order valence-corrected chi connectivity index (χ3v) is 7.82. The van der Waals surface area contributed by atoms with Crippen molar-refractivity contribution in [1.82, 2.24) is 9.21 Å². The largest absolute Gasteiger partial charge is 0.342 e. The normalized spacial score (nSPS) is 16.8. The molecule has 0 spiro atoms. The summed E-state index contributed by atoms with van der Waals surface area (Å²) in [4.78, 5) is 25.0. The summed E-state index contributed by atoms with van der Waals surface area (Å²) in [6, 6.07) is 8.32.